The lowest BCUT2D eigenvalue weighted by atomic mass is 9.92. The van der Waals surface area contributed by atoms with Crippen LogP contribution in [0.3, 0.4) is 0 Å². The van der Waals surface area contributed by atoms with Gasteiger partial charge in [0, 0.05) is 39.3 Å². The van der Waals surface area contributed by atoms with Crippen molar-refractivity contribution in [1.82, 2.24) is 24.8 Å². The zero-order valence-corrected chi connectivity index (χ0v) is 14.9. The molecular weight excluding hydrogens is 300 g/mol. The predicted molar refractivity (Wildman–Crippen MR) is 97.2 cm³/mol. The molecule has 6 nitrogen and oxygen atoms in total. The number of rotatable bonds is 4. The first kappa shape index (κ1) is 16.7. The summed E-state index contributed by atoms with van der Waals surface area (Å²) in [4.78, 5) is 6.86. The minimum absolute atomic E-state index is 0.731. The Hall–Kier alpha value is -2.11. The fourth-order valence-corrected chi connectivity index (χ4v) is 3.68. The van der Waals surface area contributed by atoms with E-state index in [0.29, 0.717) is 0 Å². The van der Waals surface area contributed by atoms with Crippen LogP contribution >= 0.6 is 0 Å². The van der Waals surface area contributed by atoms with Gasteiger partial charge >= 0.3 is 0 Å². The Balaban J connectivity index is 1.50. The summed E-state index contributed by atoms with van der Waals surface area (Å²) in [5.41, 5.74) is 0.910. The minimum Gasteiger partial charge on any atom is -0.356 e. The van der Waals surface area contributed by atoms with E-state index >= 15 is 0 Å². The first-order valence-corrected chi connectivity index (χ1v) is 8.91. The van der Waals surface area contributed by atoms with E-state index in [9.17, 15) is 0 Å². The fourth-order valence-electron chi connectivity index (χ4n) is 3.68. The number of hydrogen-bond acceptors (Lipinski definition) is 3. The van der Waals surface area contributed by atoms with Crippen LogP contribution < -0.4 is 5.32 Å². The van der Waals surface area contributed by atoms with Gasteiger partial charge in [-0.15, -0.1) is 10.2 Å². The number of pyridine rings is 1. The molecule has 1 aliphatic heterocycles. The molecule has 3 heterocycles. The van der Waals surface area contributed by atoms with Gasteiger partial charge in [0.1, 0.15) is 5.82 Å². The number of likely N-dealkylation sites (tertiary alicyclic amines) is 1. The van der Waals surface area contributed by atoms with E-state index in [-0.39, 0.29) is 0 Å². The third kappa shape index (κ3) is 3.86. The fraction of sp³-hybridized carbons (Fsp3) is 0.611. The quantitative estimate of drug-likeness (QED) is 0.531. The molecule has 0 bridgehead atoms. The first-order chi connectivity index (χ1) is 11.7. The van der Waals surface area contributed by atoms with E-state index in [1.165, 1.54) is 6.42 Å². The molecule has 0 amide bonds. The van der Waals surface area contributed by atoms with Crippen LogP contribution in [0.25, 0.3) is 5.65 Å². The highest BCUT2D eigenvalue weighted by atomic mass is 15.3. The van der Waals surface area contributed by atoms with Crippen molar-refractivity contribution < 1.29 is 0 Å². The summed E-state index contributed by atoms with van der Waals surface area (Å²) in [5, 5.41) is 12.0. The van der Waals surface area contributed by atoms with Gasteiger partial charge in [-0.05, 0) is 36.8 Å². The molecule has 3 rings (SSSR count). The van der Waals surface area contributed by atoms with Gasteiger partial charge in [-0.1, -0.05) is 19.9 Å². The van der Waals surface area contributed by atoms with E-state index in [2.05, 4.69) is 43.7 Å². The van der Waals surface area contributed by atoms with Crippen molar-refractivity contribution in [3.63, 3.8) is 0 Å². The first-order valence-electron chi connectivity index (χ1n) is 8.91. The number of nitrogens with zero attached hydrogens (tertiary/aromatic N) is 5. The molecule has 2 aromatic heterocycles. The van der Waals surface area contributed by atoms with Gasteiger partial charge in [0.2, 0.25) is 0 Å². The van der Waals surface area contributed by atoms with Crippen molar-refractivity contribution in [3.8, 4) is 0 Å². The van der Waals surface area contributed by atoms with E-state index in [0.717, 1.165) is 61.7 Å². The lowest BCUT2D eigenvalue weighted by Crippen LogP contribution is -2.48. The highest BCUT2D eigenvalue weighted by molar-refractivity contribution is 5.80. The van der Waals surface area contributed by atoms with E-state index in [1.54, 1.807) is 0 Å². The second-order valence-corrected chi connectivity index (χ2v) is 6.97. The maximum atomic E-state index is 4.46. The van der Waals surface area contributed by atoms with Crippen molar-refractivity contribution in [1.29, 1.82) is 0 Å². The maximum absolute atomic E-state index is 4.46. The van der Waals surface area contributed by atoms with Gasteiger partial charge in [-0.3, -0.25) is 9.39 Å². The number of aliphatic imine (C=N–C) groups is 1. The van der Waals surface area contributed by atoms with Crippen LogP contribution in [0.1, 0.15) is 32.5 Å². The van der Waals surface area contributed by atoms with Crippen molar-refractivity contribution in [3.05, 3.63) is 30.2 Å². The molecule has 0 spiro atoms. The molecule has 0 saturated carbocycles. The number of fused-ring (bicyclic) bond motifs is 1. The number of nitrogens with one attached hydrogen (secondary N) is 1. The Bertz CT molecular complexity index is 682. The van der Waals surface area contributed by atoms with Crippen LogP contribution in [-0.2, 0) is 6.42 Å². The highest BCUT2D eigenvalue weighted by Crippen LogP contribution is 2.20. The Morgan fingerprint density at radius 2 is 2.04 bits per heavy atom. The highest BCUT2D eigenvalue weighted by Gasteiger charge is 2.23. The molecule has 1 saturated heterocycles. The van der Waals surface area contributed by atoms with Crippen molar-refractivity contribution >= 4 is 11.6 Å². The van der Waals surface area contributed by atoms with Crippen LogP contribution in [0, 0.1) is 11.8 Å². The Morgan fingerprint density at radius 3 is 2.79 bits per heavy atom. The lowest BCUT2D eigenvalue weighted by Gasteiger charge is -2.37. The van der Waals surface area contributed by atoms with E-state index < -0.39 is 0 Å². The Labute approximate surface area is 144 Å². The molecule has 130 valence electrons. The summed E-state index contributed by atoms with van der Waals surface area (Å²) in [5.74, 6) is 3.51. The molecule has 1 aliphatic rings. The average molecular weight is 328 g/mol. The Kier molecular flexibility index (Phi) is 5.33. The molecule has 0 radical (unpaired) electrons. The number of aryl methyl sites for hydroxylation is 1. The summed E-state index contributed by atoms with van der Waals surface area (Å²) in [7, 11) is 1.87. The molecule has 2 unspecified atom stereocenters. The predicted octanol–water partition coefficient (Wildman–Crippen LogP) is 2.22. The molecule has 2 aromatic rings. The number of hydrogen-bond donors (Lipinski definition) is 1. The SMILES string of the molecule is CN=C(NCCCc1nnc2ccccn12)N1CC(C)CC(C)C1. The second kappa shape index (κ2) is 7.64. The summed E-state index contributed by atoms with van der Waals surface area (Å²) in [6.45, 7) is 7.74. The van der Waals surface area contributed by atoms with Crippen molar-refractivity contribution in [2.45, 2.75) is 33.1 Å². The van der Waals surface area contributed by atoms with E-state index in [1.807, 2.05) is 31.4 Å². The molecular formula is C18H28N6. The molecule has 0 aromatic carbocycles. The number of aromatic nitrogens is 3. The third-order valence-corrected chi connectivity index (χ3v) is 4.62. The summed E-state index contributed by atoms with van der Waals surface area (Å²) in [6, 6.07) is 5.98. The second-order valence-electron chi connectivity index (χ2n) is 6.97. The maximum Gasteiger partial charge on any atom is 0.193 e. The topological polar surface area (TPSA) is 57.8 Å². The van der Waals surface area contributed by atoms with Crippen LogP contribution in [0.4, 0.5) is 0 Å². The van der Waals surface area contributed by atoms with Gasteiger partial charge in [0.25, 0.3) is 0 Å². The van der Waals surface area contributed by atoms with Crippen LogP contribution in [0.2, 0.25) is 0 Å². The average Bonchev–Trinajstić information content (AvgIpc) is 2.97. The number of piperidine rings is 1. The standard InChI is InChI=1S/C18H28N6/c1-14-11-15(2)13-23(12-14)18(19-3)20-9-6-8-17-22-21-16-7-4-5-10-24(16)17/h4-5,7,10,14-15H,6,8-9,11-13H2,1-3H3,(H,19,20). The zero-order valence-electron chi connectivity index (χ0n) is 14.9. The van der Waals surface area contributed by atoms with Crippen LogP contribution in [0.5, 0.6) is 0 Å². The van der Waals surface area contributed by atoms with Gasteiger partial charge in [0.05, 0.1) is 0 Å². The van der Waals surface area contributed by atoms with Gasteiger partial charge in [0.15, 0.2) is 11.6 Å². The van der Waals surface area contributed by atoms with Crippen LogP contribution in [-0.4, -0.2) is 52.1 Å². The normalized spacial score (nSPS) is 22.1. The number of guanidine groups is 1. The zero-order chi connectivity index (χ0) is 16.9. The largest absolute Gasteiger partial charge is 0.356 e. The summed E-state index contributed by atoms with van der Waals surface area (Å²) < 4.78 is 2.06. The Morgan fingerprint density at radius 1 is 1.25 bits per heavy atom. The third-order valence-electron chi connectivity index (χ3n) is 4.62. The minimum atomic E-state index is 0.731. The summed E-state index contributed by atoms with van der Waals surface area (Å²) in [6.07, 6.45) is 5.25. The monoisotopic (exact) mass is 328 g/mol. The van der Waals surface area contributed by atoms with Gasteiger partial charge < -0.3 is 10.2 Å². The van der Waals surface area contributed by atoms with Gasteiger partial charge in [-0.25, -0.2) is 0 Å². The molecule has 1 fully saturated rings. The van der Waals surface area contributed by atoms with Crippen molar-refractivity contribution in [2.75, 3.05) is 26.7 Å². The molecule has 1 N–H and O–H groups in total. The molecule has 0 aliphatic carbocycles. The smallest absolute Gasteiger partial charge is 0.193 e. The lowest BCUT2D eigenvalue weighted by molar-refractivity contribution is 0.208. The molecule has 2 atom stereocenters. The molecule has 6 heteroatoms. The summed E-state index contributed by atoms with van der Waals surface area (Å²) >= 11 is 0. The van der Waals surface area contributed by atoms with Crippen molar-refractivity contribution in [2.24, 2.45) is 16.8 Å². The van der Waals surface area contributed by atoms with Crippen LogP contribution in [0.15, 0.2) is 29.4 Å². The molecule has 24 heavy (non-hydrogen) atoms. The van der Waals surface area contributed by atoms with E-state index in [4.69, 9.17) is 0 Å². The van der Waals surface area contributed by atoms with Gasteiger partial charge in [-0.2, -0.15) is 0 Å².